The largest absolute Gasteiger partial charge is 0.484 e. The van der Waals surface area contributed by atoms with Gasteiger partial charge in [-0.1, -0.05) is 0 Å². The van der Waals surface area contributed by atoms with Crippen molar-refractivity contribution in [1.29, 1.82) is 0 Å². The fourth-order valence-corrected chi connectivity index (χ4v) is 2.41. The molecule has 1 amide bonds. The minimum atomic E-state index is -4.46. The zero-order chi connectivity index (χ0) is 18.2. The summed E-state index contributed by atoms with van der Waals surface area (Å²) < 4.78 is 69.2. The number of nitrogens with zero attached hydrogens (tertiary/aromatic N) is 1. The van der Waals surface area contributed by atoms with Gasteiger partial charge in [0.2, 0.25) is 0 Å². The minimum absolute atomic E-state index is 0.118. The van der Waals surface area contributed by atoms with E-state index < -0.39 is 35.4 Å². The van der Waals surface area contributed by atoms with Crippen molar-refractivity contribution < 1.29 is 31.5 Å². The van der Waals surface area contributed by atoms with Crippen LogP contribution in [0, 0.1) is 11.6 Å². The second kappa shape index (κ2) is 6.34. The summed E-state index contributed by atoms with van der Waals surface area (Å²) in [4.78, 5) is 13.5. The first-order chi connectivity index (χ1) is 11.7. The first-order valence-electron chi connectivity index (χ1n) is 7.32. The van der Waals surface area contributed by atoms with Crippen LogP contribution in [0.25, 0.3) is 0 Å². The highest BCUT2D eigenvalue weighted by Gasteiger charge is 2.34. The third-order valence-electron chi connectivity index (χ3n) is 3.78. The number of alkyl halides is 3. The summed E-state index contributed by atoms with van der Waals surface area (Å²) in [5.41, 5.74) is -0.708. The number of hydrogen-bond acceptors (Lipinski definition) is 2. The number of benzene rings is 2. The van der Waals surface area contributed by atoms with Crippen molar-refractivity contribution in [3.05, 3.63) is 65.2 Å². The van der Waals surface area contributed by atoms with Crippen molar-refractivity contribution in [3.8, 4) is 5.75 Å². The molecule has 0 atom stereocenters. The van der Waals surface area contributed by atoms with Gasteiger partial charge in [0.15, 0.2) is 11.6 Å². The van der Waals surface area contributed by atoms with E-state index in [0.717, 1.165) is 36.4 Å². The van der Waals surface area contributed by atoms with Crippen LogP contribution in [0.15, 0.2) is 42.5 Å². The highest BCUT2D eigenvalue weighted by molar-refractivity contribution is 5.94. The van der Waals surface area contributed by atoms with Crippen molar-refractivity contribution in [3.63, 3.8) is 0 Å². The first-order valence-corrected chi connectivity index (χ1v) is 7.32. The van der Waals surface area contributed by atoms with E-state index in [2.05, 4.69) is 0 Å². The lowest BCUT2D eigenvalue weighted by Gasteiger charge is -2.39. The van der Waals surface area contributed by atoms with Crippen molar-refractivity contribution in [1.82, 2.24) is 4.90 Å². The predicted molar refractivity (Wildman–Crippen MR) is 78.1 cm³/mol. The maximum absolute atomic E-state index is 13.5. The van der Waals surface area contributed by atoms with Crippen molar-refractivity contribution in [2.24, 2.45) is 0 Å². The molecule has 0 N–H and O–H groups in total. The van der Waals surface area contributed by atoms with Gasteiger partial charge in [0, 0.05) is 11.6 Å². The monoisotopic (exact) mass is 357 g/mol. The lowest BCUT2D eigenvalue weighted by Crippen LogP contribution is -2.56. The lowest BCUT2D eigenvalue weighted by molar-refractivity contribution is -0.137. The second-order valence-corrected chi connectivity index (χ2v) is 5.60. The molecule has 1 saturated heterocycles. The maximum atomic E-state index is 13.5. The Balaban J connectivity index is 1.58. The summed E-state index contributed by atoms with van der Waals surface area (Å²) in [6.07, 6.45) is -4.92. The van der Waals surface area contributed by atoms with E-state index in [-0.39, 0.29) is 24.4 Å². The molecule has 132 valence electrons. The van der Waals surface area contributed by atoms with Crippen LogP contribution >= 0.6 is 0 Å². The van der Waals surface area contributed by atoms with E-state index in [9.17, 15) is 26.7 Å². The highest BCUT2D eigenvalue weighted by atomic mass is 19.4. The smallest absolute Gasteiger partial charge is 0.416 e. The van der Waals surface area contributed by atoms with Crippen LogP contribution in [-0.4, -0.2) is 30.0 Å². The first kappa shape index (κ1) is 17.2. The average molecular weight is 357 g/mol. The molecular formula is C17H12F5NO2. The second-order valence-electron chi connectivity index (χ2n) is 5.60. The molecule has 0 spiro atoms. The molecule has 0 bridgehead atoms. The molecule has 1 aliphatic heterocycles. The standard InChI is InChI=1S/C17H12F5NO2/c18-12-5-6-15(14(19)7-12)25-13-8-23(9-13)16(24)10-1-3-11(4-2-10)17(20,21)22/h1-7,13H,8-9H2. The number of ether oxygens (including phenoxy) is 1. The number of likely N-dealkylation sites (tertiary alicyclic amines) is 1. The molecule has 0 aliphatic carbocycles. The number of hydrogen-bond donors (Lipinski definition) is 0. The summed E-state index contributed by atoms with van der Waals surface area (Å²) >= 11 is 0. The van der Waals surface area contributed by atoms with Gasteiger partial charge in [0.05, 0.1) is 18.7 Å². The molecule has 8 heteroatoms. The Hall–Kier alpha value is -2.64. The maximum Gasteiger partial charge on any atom is 0.416 e. The molecular weight excluding hydrogens is 345 g/mol. The van der Waals surface area contributed by atoms with E-state index in [0.29, 0.717) is 6.07 Å². The summed E-state index contributed by atoms with van der Waals surface area (Å²) in [6, 6.07) is 6.81. The van der Waals surface area contributed by atoms with E-state index in [1.165, 1.54) is 4.90 Å². The lowest BCUT2D eigenvalue weighted by atomic mass is 10.1. The number of rotatable bonds is 3. The van der Waals surface area contributed by atoms with Crippen molar-refractivity contribution in [2.45, 2.75) is 12.3 Å². The minimum Gasteiger partial charge on any atom is -0.484 e. The van der Waals surface area contributed by atoms with Crippen LogP contribution < -0.4 is 4.74 Å². The number of carbonyl (C=O) groups excluding carboxylic acids is 1. The number of halogens is 5. The Bertz CT molecular complexity index is 783. The summed E-state index contributed by atoms with van der Waals surface area (Å²) in [6.45, 7) is 0.327. The molecule has 2 aromatic carbocycles. The third-order valence-corrected chi connectivity index (χ3v) is 3.78. The highest BCUT2D eigenvalue weighted by Crippen LogP contribution is 2.29. The normalized spacial score (nSPS) is 15.0. The van der Waals surface area contributed by atoms with Crippen LogP contribution in [0.2, 0.25) is 0 Å². The number of amides is 1. The van der Waals surface area contributed by atoms with Crippen LogP contribution in [-0.2, 0) is 6.18 Å². The molecule has 2 aromatic rings. The van der Waals surface area contributed by atoms with E-state index >= 15 is 0 Å². The van der Waals surface area contributed by atoms with Crippen molar-refractivity contribution in [2.75, 3.05) is 13.1 Å². The molecule has 0 unspecified atom stereocenters. The van der Waals surface area contributed by atoms with Crippen LogP contribution in [0.3, 0.4) is 0 Å². The average Bonchev–Trinajstić information content (AvgIpc) is 2.51. The Morgan fingerprint density at radius 3 is 2.24 bits per heavy atom. The van der Waals surface area contributed by atoms with Crippen LogP contribution in [0.1, 0.15) is 15.9 Å². The van der Waals surface area contributed by atoms with Gasteiger partial charge in [-0.25, -0.2) is 8.78 Å². The Kier molecular flexibility index (Phi) is 4.36. The third kappa shape index (κ3) is 3.72. The molecule has 0 aromatic heterocycles. The van der Waals surface area contributed by atoms with Gasteiger partial charge in [-0.15, -0.1) is 0 Å². The van der Waals surface area contributed by atoms with Gasteiger partial charge in [-0.3, -0.25) is 4.79 Å². The molecule has 3 nitrogen and oxygen atoms in total. The molecule has 1 fully saturated rings. The molecule has 3 rings (SSSR count). The van der Waals surface area contributed by atoms with Gasteiger partial charge in [-0.05, 0) is 36.4 Å². The van der Waals surface area contributed by atoms with Gasteiger partial charge < -0.3 is 9.64 Å². The Morgan fingerprint density at radius 2 is 1.68 bits per heavy atom. The van der Waals surface area contributed by atoms with Gasteiger partial charge >= 0.3 is 6.18 Å². The molecule has 1 heterocycles. The summed E-state index contributed by atoms with van der Waals surface area (Å²) in [5, 5.41) is 0. The van der Waals surface area contributed by atoms with E-state index in [1.54, 1.807) is 0 Å². The Labute approximate surface area is 139 Å². The zero-order valence-corrected chi connectivity index (χ0v) is 12.7. The molecule has 1 aliphatic rings. The van der Waals surface area contributed by atoms with Crippen LogP contribution in [0.5, 0.6) is 5.75 Å². The zero-order valence-electron chi connectivity index (χ0n) is 12.7. The molecule has 0 saturated carbocycles. The van der Waals surface area contributed by atoms with Gasteiger partial charge in [0.25, 0.3) is 5.91 Å². The van der Waals surface area contributed by atoms with Crippen LogP contribution in [0.4, 0.5) is 22.0 Å². The predicted octanol–water partition coefficient (Wildman–Crippen LogP) is 3.89. The fraction of sp³-hybridized carbons (Fsp3) is 0.235. The van der Waals surface area contributed by atoms with E-state index in [4.69, 9.17) is 4.74 Å². The van der Waals surface area contributed by atoms with Gasteiger partial charge in [0.1, 0.15) is 11.9 Å². The Morgan fingerprint density at radius 1 is 1.04 bits per heavy atom. The van der Waals surface area contributed by atoms with Gasteiger partial charge in [-0.2, -0.15) is 13.2 Å². The SMILES string of the molecule is O=C(c1ccc(C(F)(F)F)cc1)N1CC(Oc2ccc(F)cc2F)C1. The van der Waals surface area contributed by atoms with Crippen molar-refractivity contribution >= 4 is 5.91 Å². The number of carbonyl (C=O) groups is 1. The fourth-order valence-electron chi connectivity index (χ4n) is 2.41. The molecule has 25 heavy (non-hydrogen) atoms. The topological polar surface area (TPSA) is 29.5 Å². The summed E-state index contributed by atoms with van der Waals surface area (Å²) in [5.74, 6) is -2.12. The van der Waals surface area contributed by atoms with E-state index in [1.807, 2.05) is 0 Å². The summed E-state index contributed by atoms with van der Waals surface area (Å²) in [7, 11) is 0. The molecule has 0 radical (unpaired) electrons. The quantitative estimate of drug-likeness (QED) is 0.780.